The van der Waals surface area contributed by atoms with Gasteiger partial charge in [-0.1, -0.05) is 24.3 Å². The Morgan fingerprint density at radius 2 is 1.82 bits per heavy atom. The highest BCUT2D eigenvalue weighted by atomic mass is 19.1. The topological polar surface area (TPSA) is 67.2 Å². The van der Waals surface area contributed by atoms with Crippen LogP contribution in [0.2, 0.25) is 0 Å². The minimum atomic E-state index is -0.224. The molecule has 0 N–H and O–H groups in total. The number of carbonyl (C=O) groups excluding carboxylic acids is 1. The first-order chi connectivity index (χ1) is 13.6. The van der Waals surface area contributed by atoms with Crippen LogP contribution in [0, 0.1) is 5.82 Å². The van der Waals surface area contributed by atoms with Crippen molar-refractivity contribution in [3.8, 4) is 11.4 Å². The van der Waals surface area contributed by atoms with E-state index in [0.717, 1.165) is 30.8 Å². The Morgan fingerprint density at radius 3 is 2.50 bits per heavy atom. The lowest BCUT2D eigenvalue weighted by Crippen LogP contribution is -2.48. The number of halogens is 1. The fourth-order valence-corrected chi connectivity index (χ4v) is 3.40. The zero-order chi connectivity index (χ0) is 19.5. The van der Waals surface area contributed by atoms with Crippen LogP contribution in [0.15, 0.2) is 48.5 Å². The Hall–Kier alpha value is -3.13. The number of aromatic nitrogens is 4. The highest BCUT2D eigenvalue weighted by Gasteiger charge is 2.22. The van der Waals surface area contributed by atoms with Gasteiger partial charge < -0.3 is 4.90 Å². The summed E-state index contributed by atoms with van der Waals surface area (Å²) in [6.07, 6.45) is 0. The van der Waals surface area contributed by atoms with Crippen molar-refractivity contribution in [2.24, 2.45) is 7.05 Å². The van der Waals surface area contributed by atoms with Gasteiger partial charge in [0.15, 0.2) is 5.82 Å². The largest absolute Gasteiger partial charge is 0.336 e. The summed E-state index contributed by atoms with van der Waals surface area (Å²) >= 11 is 0. The first-order valence-electron chi connectivity index (χ1n) is 9.19. The molecule has 1 aromatic heterocycles. The van der Waals surface area contributed by atoms with Gasteiger partial charge in [0.2, 0.25) is 0 Å². The summed E-state index contributed by atoms with van der Waals surface area (Å²) in [4.78, 5) is 17.1. The quantitative estimate of drug-likeness (QED) is 0.692. The number of piperazine rings is 1. The third kappa shape index (κ3) is 3.91. The molecule has 0 atom stereocenters. The Kier molecular flexibility index (Phi) is 5.12. The molecule has 1 amide bonds. The Bertz CT molecular complexity index is 963. The van der Waals surface area contributed by atoms with E-state index in [1.54, 1.807) is 23.9 Å². The van der Waals surface area contributed by atoms with Crippen LogP contribution < -0.4 is 0 Å². The van der Waals surface area contributed by atoms with E-state index in [9.17, 15) is 9.18 Å². The molecule has 1 fully saturated rings. The normalized spacial score (nSPS) is 15.0. The standard InChI is InChI=1S/C20H21FN6O/c1-25-19(22-23-24-25)16-3-2-4-17(13-16)20(28)27-11-9-26(10-12-27)14-15-5-7-18(21)8-6-15/h2-8,13H,9-12,14H2,1H3. The summed E-state index contributed by atoms with van der Waals surface area (Å²) in [6, 6.07) is 14.0. The van der Waals surface area contributed by atoms with Gasteiger partial charge >= 0.3 is 0 Å². The number of tetrazole rings is 1. The number of hydrogen-bond donors (Lipinski definition) is 0. The van der Waals surface area contributed by atoms with E-state index in [1.165, 1.54) is 12.1 Å². The van der Waals surface area contributed by atoms with Crippen molar-refractivity contribution in [3.05, 3.63) is 65.5 Å². The lowest BCUT2D eigenvalue weighted by molar-refractivity contribution is 0.0628. The highest BCUT2D eigenvalue weighted by Crippen LogP contribution is 2.18. The molecular formula is C20H21FN6O. The minimum absolute atomic E-state index is 0.0124. The average molecular weight is 380 g/mol. The van der Waals surface area contributed by atoms with Crippen LogP contribution in [0.3, 0.4) is 0 Å². The van der Waals surface area contributed by atoms with Gasteiger partial charge in [0.05, 0.1) is 0 Å². The summed E-state index contributed by atoms with van der Waals surface area (Å²) < 4.78 is 14.6. The summed E-state index contributed by atoms with van der Waals surface area (Å²) in [5.41, 5.74) is 2.52. The molecule has 7 nitrogen and oxygen atoms in total. The van der Waals surface area contributed by atoms with Crippen molar-refractivity contribution in [2.45, 2.75) is 6.54 Å². The van der Waals surface area contributed by atoms with Crippen molar-refractivity contribution in [1.29, 1.82) is 0 Å². The van der Waals surface area contributed by atoms with E-state index in [2.05, 4.69) is 20.4 Å². The van der Waals surface area contributed by atoms with E-state index >= 15 is 0 Å². The molecule has 0 unspecified atom stereocenters. The van der Waals surface area contributed by atoms with Gasteiger partial charge in [-0.05, 0) is 40.3 Å². The van der Waals surface area contributed by atoms with Gasteiger partial charge in [0, 0.05) is 50.9 Å². The molecule has 144 valence electrons. The Labute approximate surface area is 162 Å². The van der Waals surface area contributed by atoms with Crippen LogP contribution in [0.1, 0.15) is 15.9 Å². The number of rotatable bonds is 4. The molecule has 0 aliphatic carbocycles. The summed E-state index contributed by atoms with van der Waals surface area (Å²) in [7, 11) is 1.77. The maximum atomic E-state index is 13.0. The molecule has 4 rings (SSSR count). The molecule has 0 saturated carbocycles. The fourth-order valence-electron chi connectivity index (χ4n) is 3.40. The van der Waals surface area contributed by atoms with Gasteiger partial charge in [0.1, 0.15) is 5.82 Å². The second kappa shape index (κ2) is 7.85. The predicted molar refractivity (Wildman–Crippen MR) is 102 cm³/mol. The van der Waals surface area contributed by atoms with Crippen LogP contribution in [0.4, 0.5) is 4.39 Å². The first-order valence-corrected chi connectivity index (χ1v) is 9.19. The van der Waals surface area contributed by atoms with Crippen molar-refractivity contribution in [3.63, 3.8) is 0 Å². The number of aryl methyl sites for hydroxylation is 1. The molecule has 1 saturated heterocycles. The van der Waals surface area contributed by atoms with Gasteiger partial charge in [-0.2, -0.15) is 0 Å². The first kappa shape index (κ1) is 18.2. The molecule has 8 heteroatoms. The molecule has 2 heterocycles. The van der Waals surface area contributed by atoms with Gasteiger partial charge in [-0.3, -0.25) is 9.69 Å². The zero-order valence-electron chi connectivity index (χ0n) is 15.6. The molecular weight excluding hydrogens is 359 g/mol. The Balaban J connectivity index is 1.39. The Morgan fingerprint density at radius 1 is 1.07 bits per heavy atom. The third-order valence-corrected chi connectivity index (χ3v) is 4.97. The van der Waals surface area contributed by atoms with Gasteiger partial charge in [0.25, 0.3) is 5.91 Å². The lowest BCUT2D eigenvalue weighted by atomic mass is 10.1. The van der Waals surface area contributed by atoms with Gasteiger partial charge in [-0.25, -0.2) is 9.07 Å². The average Bonchev–Trinajstić information content (AvgIpc) is 3.16. The van der Waals surface area contributed by atoms with Crippen LogP contribution in [0.5, 0.6) is 0 Å². The number of hydrogen-bond acceptors (Lipinski definition) is 5. The van der Waals surface area contributed by atoms with E-state index in [0.29, 0.717) is 24.5 Å². The molecule has 1 aliphatic heterocycles. The molecule has 3 aromatic rings. The highest BCUT2D eigenvalue weighted by molar-refractivity contribution is 5.95. The summed E-state index contributed by atoms with van der Waals surface area (Å²) in [6.45, 7) is 3.66. The maximum absolute atomic E-state index is 13.0. The van der Waals surface area contributed by atoms with E-state index in [-0.39, 0.29) is 11.7 Å². The number of benzene rings is 2. The molecule has 28 heavy (non-hydrogen) atoms. The van der Waals surface area contributed by atoms with Crippen molar-refractivity contribution >= 4 is 5.91 Å². The van der Waals surface area contributed by atoms with Crippen molar-refractivity contribution < 1.29 is 9.18 Å². The summed E-state index contributed by atoms with van der Waals surface area (Å²) in [5, 5.41) is 11.5. The van der Waals surface area contributed by atoms with Crippen LogP contribution in [-0.2, 0) is 13.6 Å². The van der Waals surface area contributed by atoms with Crippen molar-refractivity contribution in [2.75, 3.05) is 26.2 Å². The monoisotopic (exact) mass is 380 g/mol. The van der Waals surface area contributed by atoms with E-state index in [4.69, 9.17) is 0 Å². The fraction of sp³-hybridized carbons (Fsp3) is 0.300. The van der Waals surface area contributed by atoms with Crippen molar-refractivity contribution in [1.82, 2.24) is 30.0 Å². The lowest BCUT2D eigenvalue weighted by Gasteiger charge is -2.34. The second-order valence-corrected chi connectivity index (χ2v) is 6.90. The SMILES string of the molecule is Cn1nnnc1-c1cccc(C(=O)N2CCN(Cc3ccc(F)cc3)CC2)c1. The van der Waals surface area contributed by atoms with Crippen LogP contribution >= 0.6 is 0 Å². The molecule has 0 spiro atoms. The van der Waals surface area contributed by atoms with E-state index < -0.39 is 0 Å². The number of nitrogens with zero attached hydrogens (tertiary/aromatic N) is 6. The molecule has 0 radical (unpaired) electrons. The smallest absolute Gasteiger partial charge is 0.253 e. The van der Waals surface area contributed by atoms with Crippen LogP contribution in [0.25, 0.3) is 11.4 Å². The zero-order valence-corrected chi connectivity index (χ0v) is 15.6. The third-order valence-electron chi connectivity index (χ3n) is 4.97. The predicted octanol–water partition coefficient (Wildman–Crippen LogP) is 1.97. The maximum Gasteiger partial charge on any atom is 0.253 e. The number of carbonyl (C=O) groups is 1. The van der Waals surface area contributed by atoms with Crippen LogP contribution in [-0.4, -0.2) is 62.1 Å². The summed E-state index contributed by atoms with van der Waals surface area (Å²) in [5.74, 6) is 0.413. The molecule has 2 aromatic carbocycles. The molecule has 1 aliphatic rings. The molecule has 0 bridgehead atoms. The van der Waals surface area contributed by atoms with Gasteiger partial charge in [-0.15, -0.1) is 5.10 Å². The minimum Gasteiger partial charge on any atom is -0.336 e. The number of amides is 1. The second-order valence-electron chi connectivity index (χ2n) is 6.90. The van der Waals surface area contributed by atoms with E-state index in [1.807, 2.05) is 29.2 Å².